The third kappa shape index (κ3) is 2.36. The van der Waals surface area contributed by atoms with Crippen molar-refractivity contribution >= 4 is 0 Å². The Labute approximate surface area is 83.4 Å². The van der Waals surface area contributed by atoms with Gasteiger partial charge < -0.3 is 0 Å². The van der Waals surface area contributed by atoms with E-state index in [-0.39, 0.29) is 0 Å². The largest absolute Gasteiger partial charge is 0.0993 e. The molecule has 0 spiro atoms. The summed E-state index contributed by atoms with van der Waals surface area (Å²) in [4.78, 5) is 0. The Kier molecular flexibility index (Phi) is 2.62. The molecule has 1 rings (SSSR count). The van der Waals surface area contributed by atoms with Gasteiger partial charge in [-0.3, -0.25) is 0 Å². The highest BCUT2D eigenvalue weighted by Gasteiger charge is 2.35. The lowest BCUT2D eigenvalue weighted by Crippen LogP contribution is -2.30. The van der Waals surface area contributed by atoms with Crippen LogP contribution in [0.1, 0.15) is 53.9 Å². The molecular formula is C13H24. The fourth-order valence-electron chi connectivity index (χ4n) is 2.13. The lowest BCUT2D eigenvalue weighted by Gasteiger charge is -2.42. The van der Waals surface area contributed by atoms with Gasteiger partial charge in [0, 0.05) is 0 Å². The lowest BCUT2D eigenvalue weighted by molar-refractivity contribution is 0.159. The Morgan fingerprint density at radius 1 is 1.31 bits per heavy atom. The van der Waals surface area contributed by atoms with Crippen LogP contribution in [0.15, 0.2) is 12.2 Å². The molecule has 0 heterocycles. The summed E-state index contributed by atoms with van der Waals surface area (Å²) in [5, 5.41) is 0. The molecule has 0 heteroatoms. The molecule has 0 amide bonds. The first-order valence-electron chi connectivity index (χ1n) is 5.42. The minimum Gasteiger partial charge on any atom is -0.0993 e. The standard InChI is InChI=1S/C13H24/c1-10-9-11(12(2,3)4)7-8-13(10,5)6/h11H,1,7-9H2,2-6H3. The predicted octanol–water partition coefficient (Wildman–Crippen LogP) is 4.42. The summed E-state index contributed by atoms with van der Waals surface area (Å²) in [6.07, 6.45) is 3.92. The minimum absolute atomic E-state index is 0.391. The zero-order valence-corrected chi connectivity index (χ0v) is 9.91. The molecule has 1 aliphatic rings. The van der Waals surface area contributed by atoms with Crippen LogP contribution in [0.2, 0.25) is 0 Å². The summed E-state index contributed by atoms with van der Waals surface area (Å²) in [7, 11) is 0. The third-order valence-electron chi connectivity index (χ3n) is 3.79. The van der Waals surface area contributed by atoms with E-state index in [1.165, 1.54) is 24.8 Å². The van der Waals surface area contributed by atoms with E-state index in [9.17, 15) is 0 Å². The van der Waals surface area contributed by atoms with Crippen molar-refractivity contribution in [1.29, 1.82) is 0 Å². The van der Waals surface area contributed by atoms with E-state index < -0.39 is 0 Å². The van der Waals surface area contributed by atoms with Gasteiger partial charge in [0.2, 0.25) is 0 Å². The fourth-order valence-corrected chi connectivity index (χ4v) is 2.13. The first-order chi connectivity index (χ1) is 5.73. The normalized spacial score (nSPS) is 29.0. The SMILES string of the molecule is C=C1CC(C(C)(C)C)CCC1(C)C. The van der Waals surface area contributed by atoms with Crippen LogP contribution >= 0.6 is 0 Å². The fraction of sp³-hybridized carbons (Fsp3) is 0.846. The molecule has 1 atom stereocenters. The molecule has 1 aliphatic carbocycles. The molecule has 1 unspecified atom stereocenters. The van der Waals surface area contributed by atoms with Gasteiger partial charge in [0.25, 0.3) is 0 Å². The van der Waals surface area contributed by atoms with Gasteiger partial charge in [-0.15, -0.1) is 0 Å². The molecule has 0 aliphatic heterocycles. The van der Waals surface area contributed by atoms with Crippen molar-refractivity contribution in [2.45, 2.75) is 53.9 Å². The van der Waals surface area contributed by atoms with Gasteiger partial charge >= 0.3 is 0 Å². The number of rotatable bonds is 0. The summed E-state index contributed by atoms with van der Waals surface area (Å²) < 4.78 is 0. The van der Waals surface area contributed by atoms with Gasteiger partial charge in [0.05, 0.1) is 0 Å². The maximum atomic E-state index is 4.23. The highest BCUT2D eigenvalue weighted by molar-refractivity contribution is 5.12. The van der Waals surface area contributed by atoms with Gasteiger partial charge in [-0.05, 0) is 36.0 Å². The maximum Gasteiger partial charge on any atom is -0.0147 e. The molecule has 0 aromatic rings. The Hall–Kier alpha value is -0.260. The predicted molar refractivity (Wildman–Crippen MR) is 59.7 cm³/mol. The second kappa shape index (κ2) is 3.15. The van der Waals surface area contributed by atoms with E-state index in [0.29, 0.717) is 10.8 Å². The lowest BCUT2D eigenvalue weighted by atomic mass is 9.63. The van der Waals surface area contributed by atoms with E-state index in [1.807, 2.05) is 0 Å². The van der Waals surface area contributed by atoms with Crippen molar-refractivity contribution in [3.05, 3.63) is 12.2 Å². The van der Waals surface area contributed by atoms with E-state index in [4.69, 9.17) is 0 Å². The van der Waals surface area contributed by atoms with Gasteiger partial charge in [-0.2, -0.15) is 0 Å². The summed E-state index contributed by atoms with van der Waals surface area (Å²) in [5.41, 5.74) is 2.31. The highest BCUT2D eigenvalue weighted by atomic mass is 14.4. The number of hydrogen-bond acceptors (Lipinski definition) is 0. The van der Waals surface area contributed by atoms with E-state index >= 15 is 0 Å². The van der Waals surface area contributed by atoms with Crippen LogP contribution in [0.4, 0.5) is 0 Å². The van der Waals surface area contributed by atoms with Crippen LogP contribution in [-0.4, -0.2) is 0 Å². The van der Waals surface area contributed by atoms with E-state index in [0.717, 1.165) is 5.92 Å². The molecule has 0 radical (unpaired) electrons. The summed E-state index contributed by atoms with van der Waals surface area (Å²) in [5.74, 6) is 0.841. The zero-order valence-electron chi connectivity index (χ0n) is 9.91. The van der Waals surface area contributed by atoms with Crippen molar-refractivity contribution in [3.8, 4) is 0 Å². The van der Waals surface area contributed by atoms with Crippen molar-refractivity contribution < 1.29 is 0 Å². The highest BCUT2D eigenvalue weighted by Crippen LogP contribution is 2.47. The molecule has 13 heavy (non-hydrogen) atoms. The average Bonchev–Trinajstić information content (AvgIpc) is 1.92. The molecule has 0 nitrogen and oxygen atoms in total. The Morgan fingerprint density at radius 3 is 2.23 bits per heavy atom. The van der Waals surface area contributed by atoms with Gasteiger partial charge in [-0.1, -0.05) is 46.8 Å². The number of allylic oxidation sites excluding steroid dienone is 1. The number of hydrogen-bond donors (Lipinski definition) is 0. The van der Waals surface area contributed by atoms with Gasteiger partial charge in [-0.25, -0.2) is 0 Å². The Morgan fingerprint density at radius 2 is 1.85 bits per heavy atom. The molecule has 1 saturated carbocycles. The molecule has 76 valence electrons. The molecule has 0 saturated heterocycles. The van der Waals surface area contributed by atoms with Crippen LogP contribution in [0.25, 0.3) is 0 Å². The van der Waals surface area contributed by atoms with Crippen molar-refractivity contribution in [2.75, 3.05) is 0 Å². The molecule has 0 aromatic heterocycles. The van der Waals surface area contributed by atoms with Gasteiger partial charge in [0.15, 0.2) is 0 Å². The van der Waals surface area contributed by atoms with Crippen molar-refractivity contribution in [2.24, 2.45) is 16.7 Å². The molecular weight excluding hydrogens is 156 g/mol. The Balaban J connectivity index is 2.67. The van der Waals surface area contributed by atoms with Crippen molar-refractivity contribution in [1.82, 2.24) is 0 Å². The van der Waals surface area contributed by atoms with E-state index in [2.05, 4.69) is 41.2 Å². The van der Waals surface area contributed by atoms with Crippen molar-refractivity contribution in [3.63, 3.8) is 0 Å². The van der Waals surface area contributed by atoms with Crippen LogP contribution < -0.4 is 0 Å². The van der Waals surface area contributed by atoms with Crippen LogP contribution in [0.5, 0.6) is 0 Å². The summed E-state index contributed by atoms with van der Waals surface area (Å²) in [6, 6.07) is 0. The molecule has 0 bridgehead atoms. The quantitative estimate of drug-likeness (QED) is 0.484. The first kappa shape index (κ1) is 10.8. The second-order valence-corrected chi connectivity index (χ2v) is 6.29. The van der Waals surface area contributed by atoms with Gasteiger partial charge in [0.1, 0.15) is 0 Å². The maximum absolute atomic E-state index is 4.23. The molecule has 0 N–H and O–H groups in total. The average molecular weight is 180 g/mol. The monoisotopic (exact) mass is 180 g/mol. The topological polar surface area (TPSA) is 0 Å². The molecule has 1 fully saturated rings. The minimum atomic E-state index is 0.391. The zero-order chi connectivity index (χ0) is 10.3. The summed E-state index contributed by atoms with van der Waals surface area (Å²) in [6.45, 7) is 15.9. The third-order valence-corrected chi connectivity index (χ3v) is 3.79. The van der Waals surface area contributed by atoms with Crippen LogP contribution in [-0.2, 0) is 0 Å². The summed E-state index contributed by atoms with van der Waals surface area (Å²) >= 11 is 0. The van der Waals surface area contributed by atoms with Crippen LogP contribution in [0, 0.1) is 16.7 Å². The first-order valence-corrected chi connectivity index (χ1v) is 5.42. The van der Waals surface area contributed by atoms with E-state index in [1.54, 1.807) is 0 Å². The smallest absolute Gasteiger partial charge is 0.0147 e. The van der Waals surface area contributed by atoms with Crippen LogP contribution in [0.3, 0.4) is 0 Å². The Bertz CT molecular complexity index is 203. The molecule has 0 aromatic carbocycles. The second-order valence-electron chi connectivity index (χ2n) is 6.29.